The molecule has 0 spiro atoms. The highest BCUT2D eigenvalue weighted by Crippen LogP contribution is 2.29. The molecule has 29 heavy (non-hydrogen) atoms. The lowest BCUT2D eigenvalue weighted by molar-refractivity contribution is 0.519. The smallest absolute Gasteiger partial charge is 0.278 e. The van der Waals surface area contributed by atoms with Crippen molar-refractivity contribution in [2.45, 2.75) is 13.3 Å². The molecule has 142 valence electrons. The number of hydrogen-bond acceptors (Lipinski definition) is 3. The Labute approximate surface area is 167 Å². The van der Waals surface area contributed by atoms with Gasteiger partial charge in [-0.05, 0) is 24.6 Å². The lowest BCUT2D eigenvalue weighted by atomic mass is 10.1. The number of fused-ring (bicyclic) bond motifs is 1. The van der Waals surface area contributed by atoms with Crippen LogP contribution in [0.1, 0.15) is 17.0 Å². The topological polar surface area (TPSA) is 63.8 Å². The molecule has 5 nitrogen and oxygen atoms in total. The molecule has 2 aromatic carbocycles. The maximum absolute atomic E-state index is 13.1. The maximum Gasteiger partial charge on any atom is 0.278 e. The zero-order valence-corrected chi connectivity index (χ0v) is 15.9. The van der Waals surface area contributed by atoms with E-state index in [1.165, 1.54) is 5.56 Å². The SMILES string of the molecule is Cc1ccc(-c2[nH]c(-c3ccccc3)cn3c(=O)c(Cc4ccco4)nc2-3)cc1. The second kappa shape index (κ2) is 6.95. The molecule has 1 N–H and O–H groups in total. The largest absolute Gasteiger partial charge is 0.469 e. The third kappa shape index (κ3) is 3.17. The second-order valence-corrected chi connectivity index (χ2v) is 7.09. The minimum absolute atomic E-state index is 0.129. The Bertz CT molecular complexity index is 1280. The number of aromatic nitrogens is 3. The van der Waals surface area contributed by atoms with E-state index in [4.69, 9.17) is 4.42 Å². The highest BCUT2D eigenvalue weighted by atomic mass is 16.3. The number of benzene rings is 2. The van der Waals surface area contributed by atoms with Crippen LogP contribution >= 0.6 is 0 Å². The summed E-state index contributed by atoms with van der Waals surface area (Å²) in [7, 11) is 0. The summed E-state index contributed by atoms with van der Waals surface area (Å²) in [6, 6.07) is 21.8. The molecule has 0 atom stereocenters. The number of H-pyrrole nitrogens is 1. The molecule has 3 aromatic rings. The van der Waals surface area contributed by atoms with Crippen LogP contribution in [-0.2, 0) is 6.42 Å². The Balaban J connectivity index is 1.74. The summed E-state index contributed by atoms with van der Waals surface area (Å²) in [5.74, 6) is 1.33. The van der Waals surface area contributed by atoms with Crippen molar-refractivity contribution in [1.29, 1.82) is 0 Å². The highest BCUT2D eigenvalue weighted by Gasteiger charge is 2.21. The van der Waals surface area contributed by atoms with Gasteiger partial charge in [-0.3, -0.25) is 9.36 Å². The predicted molar refractivity (Wildman–Crippen MR) is 112 cm³/mol. The van der Waals surface area contributed by atoms with Crippen LogP contribution in [-0.4, -0.2) is 14.5 Å². The number of rotatable bonds is 4. The molecule has 1 aromatic heterocycles. The average Bonchev–Trinajstić information content (AvgIpc) is 3.37. The Kier molecular flexibility index (Phi) is 4.13. The van der Waals surface area contributed by atoms with Gasteiger partial charge in [-0.15, -0.1) is 0 Å². The quantitative estimate of drug-likeness (QED) is 0.485. The monoisotopic (exact) mass is 381 g/mol. The van der Waals surface area contributed by atoms with Gasteiger partial charge in [0.25, 0.3) is 5.56 Å². The minimum Gasteiger partial charge on any atom is -0.469 e. The Morgan fingerprint density at radius 3 is 2.48 bits per heavy atom. The van der Waals surface area contributed by atoms with Crippen molar-refractivity contribution in [2.75, 3.05) is 0 Å². The van der Waals surface area contributed by atoms with E-state index in [1.54, 1.807) is 10.8 Å². The van der Waals surface area contributed by atoms with Gasteiger partial charge in [-0.25, -0.2) is 4.98 Å². The second-order valence-electron chi connectivity index (χ2n) is 7.09. The van der Waals surface area contributed by atoms with Gasteiger partial charge in [0, 0.05) is 11.8 Å². The normalized spacial score (nSPS) is 11.2. The zero-order chi connectivity index (χ0) is 19.8. The van der Waals surface area contributed by atoms with Gasteiger partial charge in [0.15, 0.2) is 5.82 Å². The summed E-state index contributed by atoms with van der Waals surface area (Å²) >= 11 is 0. The van der Waals surface area contributed by atoms with Crippen molar-refractivity contribution in [1.82, 2.24) is 14.5 Å². The summed E-state index contributed by atoms with van der Waals surface area (Å²) in [5, 5.41) is 0. The van der Waals surface area contributed by atoms with Crippen LogP contribution in [0.2, 0.25) is 0 Å². The molecule has 5 rings (SSSR count). The molecule has 0 radical (unpaired) electrons. The number of hydrogen-bond donors (Lipinski definition) is 1. The van der Waals surface area contributed by atoms with Gasteiger partial charge in [-0.2, -0.15) is 0 Å². The molecule has 0 saturated heterocycles. The molecule has 2 aliphatic heterocycles. The standard InChI is InChI=1S/C24H19N3O2/c1-16-9-11-18(12-10-16)22-23-26-20(14-19-8-5-13-29-19)24(28)27(23)15-21(25-22)17-6-3-2-4-7-17/h2-13,15,25H,14H2,1H3. The first-order chi connectivity index (χ1) is 14.2. The summed E-state index contributed by atoms with van der Waals surface area (Å²) < 4.78 is 7.04. The van der Waals surface area contributed by atoms with E-state index in [1.807, 2.05) is 60.8 Å². The first-order valence-corrected chi connectivity index (χ1v) is 9.48. The molecule has 0 amide bonds. The first-order valence-electron chi connectivity index (χ1n) is 9.48. The van der Waals surface area contributed by atoms with Crippen molar-refractivity contribution in [3.05, 3.63) is 107 Å². The fourth-order valence-electron chi connectivity index (χ4n) is 3.49. The average molecular weight is 381 g/mol. The van der Waals surface area contributed by atoms with Crippen molar-refractivity contribution >= 4 is 0 Å². The van der Waals surface area contributed by atoms with E-state index in [9.17, 15) is 4.79 Å². The van der Waals surface area contributed by atoms with Gasteiger partial charge in [0.1, 0.15) is 11.5 Å². The van der Waals surface area contributed by atoms with Gasteiger partial charge >= 0.3 is 0 Å². The predicted octanol–water partition coefficient (Wildman–Crippen LogP) is 4.82. The highest BCUT2D eigenvalue weighted by molar-refractivity contribution is 5.72. The third-order valence-electron chi connectivity index (χ3n) is 5.02. The molecule has 0 saturated carbocycles. The number of nitrogens with one attached hydrogen (secondary N) is 1. The van der Waals surface area contributed by atoms with E-state index in [0.29, 0.717) is 17.9 Å². The Hall–Kier alpha value is -3.86. The zero-order valence-electron chi connectivity index (χ0n) is 15.9. The maximum atomic E-state index is 13.1. The lowest BCUT2D eigenvalue weighted by Gasteiger charge is -2.13. The molecule has 3 heterocycles. The van der Waals surface area contributed by atoms with Crippen molar-refractivity contribution in [2.24, 2.45) is 0 Å². The molecule has 0 fully saturated rings. The molecule has 0 bridgehead atoms. The number of aryl methyl sites for hydroxylation is 1. The fraction of sp³-hybridized carbons (Fsp3) is 0.0833. The van der Waals surface area contributed by atoms with Crippen molar-refractivity contribution in [3.8, 4) is 28.3 Å². The van der Waals surface area contributed by atoms with Crippen molar-refractivity contribution < 1.29 is 4.42 Å². The van der Waals surface area contributed by atoms with E-state index in [0.717, 1.165) is 28.3 Å². The summed E-state index contributed by atoms with van der Waals surface area (Å²) in [6.45, 7) is 2.05. The molecule has 0 aliphatic carbocycles. The van der Waals surface area contributed by atoms with E-state index < -0.39 is 0 Å². The van der Waals surface area contributed by atoms with Crippen LogP contribution in [0, 0.1) is 6.92 Å². The molecule has 0 unspecified atom stereocenters. The van der Waals surface area contributed by atoms with Crippen LogP contribution in [0.4, 0.5) is 0 Å². The molecule has 5 heteroatoms. The van der Waals surface area contributed by atoms with Crippen LogP contribution < -0.4 is 5.56 Å². The summed E-state index contributed by atoms with van der Waals surface area (Å²) in [4.78, 5) is 21.3. The van der Waals surface area contributed by atoms with Crippen LogP contribution in [0.25, 0.3) is 28.3 Å². The molecule has 2 aliphatic rings. The summed E-state index contributed by atoms with van der Waals surface area (Å²) in [6.07, 6.45) is 3.79. The van der Waals surface area contributed by atoms with Crippen LogP contribution in [0.15, 0.2) is 88.4 Å². The summed E-state index contributed by atoms with van der Waals surface area (Å²) in [5.41, 5.74) is 5.16. The van der Waals surface area contributed by atoms with Crippen LogP contribution in [0.3, 0.4) is 0 Å². The van der Waals surface area contributed by atoms with Gasteiger partial charge < -0.3 is 9.40 Å². The van der Waals surface area contributed by atoms with Gasteiger partial charge in [0.05, 0.1) is 24.1 Å². The number of nitrogens with zero attached hydrogens (tertiary/aromatic N) is 2. The van der Waals surface area contributed by atoms with E-state index in [-0.39, 0.29) is 5.56 Å². The lowest BCUT2D eigenvalue weighted by Crippen LogP contribution is -2.16. The van der Waals surface area contributed by atoms with E-state index >= 15 is 0 Å². The van der Waals surface area contributed by atoms with Crippen molar-refractivity contribution in [3.63, 3.8) is 0 Å². The first kappa shape index (κ1) is 17.3. The Morgan fingerprint density at radius 2 is 1.76 bits per heavy atom. The Morgan fingerprint density at radius 1 is 0.966 bits per heavy atom. The van der Waals surface area contributed by atoms with Gasteiger partial charge in [0.2, 0.25) is 0 Å². The number of imidazole rings is 1. The minimum atomic E-state index is -0.129. The van der Waals surface area contributed by atoms with E-state index in [2.05, 4.69) is 29.0 Å². The number of furan rings is 1. The third-order valence-corrected chi connectivity index (χ3v) is 5.02. The fourth-order valence-corrected chi connectivity index (χ4v) is 3.49. The van der Waals surface area contributed by atoms with Crippen LogP contribution in [0.5, 0.6) is 0 Å². The number of aromatic amines is 1. The van der Waals surface area contributed by atoms with Gasteiger partial charge in [-0.1, -0.05) is 60.2 Å². The molecular weight excluding hydrogens is 362 g/mol. The molecular formula is C24H19N3O2.